The van der Waals surface area contributed by atoms with Gasteiger partial charge in [0.2, 0.25) is 0 Å². The number of hydrogen-bond acceptors (Lipinski definition) is 6. The van der Waals surface area contributed by atoms with Crippen molar-refractivity contribution in [2.75, 3.05) is 14.2 Å². The van der Waals surface area contributed by atoms with Crippen molar-refractivity contribution in [3.05, 3.63) is 65.9 Å². The number of pyridine rings is 1. The molecule has 0 saturated carbocycles. The van der Waals surface area contributed by atoms with E-state index in [2.05, 4.69) is 4.98 Å². The zero-order chi connectivity index (χ0) is 22.1. The molecule has 0 aliphatic rings. The Kier molecular flexibility index (Phi) is 5.35. The highest BCUT2D eigenvalue weighted by atomic mass is 35.5. The van der Waals surface area contributed by atoms with Crippen molar-refractivity contribution in [2.24, 2.45) is 5.73 Å². The fourth-order valence-corrected chi connectivity index (χ4v) is 3.56. The topological polar surface area (TPSA) is 101 Å². The molecule has 156 valence electrons. The SMILES string of the molecule is COc1cc2ncc(C(N)=O)c(Oc3ccc4c(C(=O)Cl)cccc4c3)c2cc1OC. The summed E-state index contributed by atoms with van der Waals surface area (Å²) in [6.45, 7) is 0. The lowest BCUT2D eigenvalue weighted by Crippen LogP contribution is -2.13. The van der Waals surface area contributed by atoms with Crippen LogP contribution in [0.4, 0.5) is 0 Å². The molecule has 8 heteroatoms. The lowest BCUT2D eigenvalue weighted by atomic mass is 10.0. The second-order valence-electron chi connectivity index (χ2n) is 6.65. The summed E-state index contributed by atoms with van der Waals surface area (Å²) >= 11 is 5.68. The number of primary amides is 1. The van der Waals surface area contributed by atoms with Crippen LogP contribution in [-0.2, 0) is 0 Å². The fraction of sp³-hybridized carbons (Fsp3) is 0.0870. The number of amides is 1. The number of halogens is 1. The van der Waals surface area contributed by atoms with Gasteiger partial charge in [0.15, 0.2) is 17.2 Å². The van der Waals surface area contributed by atoms with Crippen molar-refractivity contribution >= 4 is 44.4 Å². The number of benzene rings is 3. The Morgan fingerprint density at radius 3 is 2.35 bits per heavy atom. The van der Waals surface area contributed by atoms with Crippen LogP contribution in [0.3, 0.4) is 0 Å². The van der Waals surface area contributed by atoms with Crippen molar-refractivity contribution in [1.29, 1.82) is 0 Å². The van der Waals surface area contributed by atoms with E-state index in [9.17, 15) is 9.59 Å². The van der Waals surface area contributed by atoms with Gasteiger partial charge in [-0.25, -0.2) is 0 Å². The summed E-state index contributed by atoms with van der Waals surface area (Å²) in [6, 6.07) is 13.7. The Hall–Kier alpha value is -3.84. The molecule has 0 atom stereocenters. The van der Waals surface area contributed by atoms with Gasteiger partial charge in [0.1, 0.15) is 11.3 Å². The standard InChI is InChI=1S/C23H17ClN2O5/c1-29-19-9-16-18(10-20(19)30-2)26-11-17(23(25)28)21(16)31-13-6-7-14-12(8-13)4-3-5-15(14)22(24)27/h3-11H,1-2H3,(H2,25,28). The number of ether oxygens (including phenoxy) is 3. The Morgan fingerprint density at radius 1 is 0.935 bits per heavy atom. The Labute approximate surface area is 182 Å². The second kappa shape index (κ2) is 8.12. The zero-order valence-corrected chi connectivity index (χ0v) is 17.4. The summed E-state index contributed by atoms with van der Waals surface area (Å²) in [5.41, 5.74) is 6.61. The number of nitrogens with zero attached hydrogens (tertiary/aromatic N) is 1. The lowest BCUT2D eigenvalue weighted by Gasteiger charge is -2.15. The molecular formula is C23H17ClN2O5. The van der Waals surface area contributed by atoms with E-state index in [1.165, 1.54) is 20.4 Å². The first-order valence-corrected chi connectivity index (χ1v) is 9.55. The molecule has 0 bridgehead atoms. The normalized spacial score (nSPS) is 10.8. The molecule has 0 unspecified atom stereocenters. The highest BCUT2D eigenvalue weighted by Crippen LogP contribution is 2.39. The molecule has 1 amide bonds. The van der Waals surface area contributed by atoms with Crippen molar-refractivity contribution in [1.82, 2.24) is 4.98 Å². The van der Waals surface area contributed by atoms with Gasteiger partial charge in [-0.1, -0.05) is 12.1 Å². The minimum atomic E-state index is -0.685. The number of methoxy groups -OCH3 is 2. The number of hydrogen-bond donors (Lipinski definition) is 1. The summed E-state index contributed by atoms with van der Waals surface area (Å²) < 4.78 is 16.8. The molecule has 0 saturated heterocycles. The van der Waals surface area contributed by atoms with Gasteiger partial charge < -0.3 is 19.9 Å². The molecule has 1 heterocycles. The van der Waals surface area contributed by atoms with Crippen LogP contribution in [0.15, 0.2) is 54.7 Å². The minimum absolute atomic E-state index is 0.115. The third-order valence-corrected chi connectivity index (χ3v) is 5.08. The lowest BCUT2D eigenvalue weighted by molar-refractivity contribution is 0.0997. The van der Waals surface area contributed by atoms with Gasteiger partial charge in [-0.05, 0) is 52.7 Å². The summed E-state index contributed by atoms with van der Waals surface area (Å²) in [4.78, 5) is 28.0. The van der Waals surface area contributed by atoms with Gasteiger partial charge in [-0.3, -0.25) is 14.6 Å². The van der Waals surface area contributed by atoms with E-state index in [0.717, 1.165) is 5.39 Å². The summed E-state index contributed by atoms with van der Waals surface area (Å²) in [5, 5.41) is 1.42. The maximum atomic E-state index is 12.1. The molecule has 0 aliphatic heterocycles. The quantitative estimate of drug-likeness (QED) is 0.440. The van der Waals surface area contributed by atoms with Gasteiger partial charge in [0, 0.05) is 23.2 Å². The Morgan fingerprint density at radius 2 is 1.68 bits per heavy atom. The number of nitrogens with two attached hydrogens (primary N) is 1. The molecule has 7 nitrogen and oxygen atoms in total. The van der Waals surface area contributed by atoms with Crippen molar-refractivity contribution in [2.45, 2.75) is 0 Å². The summed E-state index contributed by atoms with van der Waals surface area (Å²) in [6.07, 6.45) is 1.36. The number of fused-ring (bicyclic) bond motifs is 2. The highest BCUT2D eigenvalue weighted by Gasteiger charge is 2.19. The van der Waals surface area contributed by atoms with Gasteiger partial charge in [0.25, 0.3) is 11.1 Å². The van der Waals surface area contributed by atoms with Crippen molar-refractivity contribution in [3.63, 3.8) is 0 Å². The average Bonchev–Trinajstić information content (AvgIpc) is 2.77. The zero-order valence-electron chi connectivity index (χ0n) is 16.6. The van der Waals surface area contributed by atoms with Crippen molar-refractivity contribution in [3.8, 4) is 23.0 Å². The fourth-order valence-electron chi connectivity index (χ4n) is 3.39. The van der Waals surface area contributed by atoms with Gasteiger partial charge >= 0.3 is 0 Å². The molecule has 0 radical (unpaired) electrons. The van der Waals surface area contributed by atoms with Gasteiger partial charge in [0.05, 0.1) is 19.7 Å². The van der Waals surface area contributed by atoms with E-state index in [-0.39, 0.29) is 11.3 Å². The largest absolute Gasteiger partial charge is 0.493 e. The van der Waals surface area contributed by atoms with Gasteiger partial charge in [-0.15, -0.1) is 0 Å². The number of rotatable bonds is 6. The maximum Gasteiger partial charge on any atom is 0.254 e. The number of carbonyl (C=O) groups excluding carboxylic acids is 2. The monoisotopic (exact) mass is 436 g/mol. The summed E-state index contributed by atoms with van der Waals surface area (Å²) in [7, 11) is 3.03. The predicted molar refractivity (Wildman–Crippen MR) is 118 cm³/mol. The molecule has 4 aromatic rings. The van der Waals surface area contributed by atoms with E-state index in [1.54, 1.807) is 42.5 Å². The Balaban J connectivity index is 1.89. The highest BCUT2D eigenvalue weighted by molar-refractivity contribution is 6.68. The number of carbonyl (C=O) groups is 2. The number of aromatic nitrogens is 1. The molecule has 2 N–H and O–H groups in total. The van der Waals surface area contributed by atoms with Crippen LogP contribution in [0.2, 0.25) is 0 Å². The van der Waals surface area contributed by atoms with Crippen LogP contribution in [0.25, 0.3) is 21.7 Å². The maximum absolute atomic E-state index is 12.1. The van der Waals surface area contributed by atoms with E-state index in [4.69, 9.17) is 31.5 Å². The second-order valence-corrected chi connectivity index (χ2v) is 7.00. The van der Waals surface area contributed by atoms with Crippen LogP contribution >= 0.6 is 11.6 Å². The molecule has 1 aromatic heterocycles. The minimum Gasteiger partial charge on any atom is -0.493 e. The van der Waals surface area contributed by atoms with Crippen LogP contribution in [0.1, 0.15) is 20.7 Å². The first-order valence-electron chi connectivity index (χ1n) is 9.18. The van der Waals surface area contributed by atoms with E-state index >= 15 is 0 Å². The molecule has 31 heavy (non-hydrogen) atoms. The summed E-state index contributed by atoms with van der Waals surface area (Å²) in [5.74, 6) is 0.935. The molecule has 4 rings (SSSR count). The van der Waals surface area contributed by atoms with Gasteiger partial charge in [-0.2, -0.15) is 0 Å². The molecule has 0 aliphatic carbocycles. The first-order chi connectivity index (χ1) is 14.9. The van der Waals surface area contributed by atoms with E-state index < -0.39 is 11.1 Å². The average molecular weight is 437 g/mol. The first kappa shape index (κ1) is 20.4. The molecule has 3 aromatic carbocycles. The molecular weight excluding hydrogens is 420 g/mol. The van der Waals surface area contributed by atoms with Crippen LogP contribution in [0.5, 0.6) is 23.0 Å². The Bertz CT molecular complexity index is 1350. The predicted octanol–water partition coefficient (Wildman–Crippen LogP) is 4.68. The third kappa shape index (κ3) is 3.71. The molecule has 0 spiro atoms. The smallest absolute Gasteiger partial charge is 0.254 e. The third-order valence-electron chi connectivity index (χ3n) is 4.87. The van der Waals surface area contributed by atoms with E-state index in [1.807, 2.05) is 6.07 Å². The van der Waals surface area contributed by atoms with Crippen LogP contribution in [0, 0.1) is 0 Å². The molecule has 0 fully saturated rings. The van der Waals surface area contributed by atoms with Crippen LogP contribution < -0.4 is 19.9 Å². The van der Waals surface area contributed by atoms with Crippen LogP contribution in [-0.4, -0.2) is 30.4 Å². The van der Waals surface area contributed by atoms with Crippen molar-refractivity contribution < 1.29 is 23.8 Å². The van der Waals surface area contributed by atoms with E-state index in [0.29, 0.717) is 39.1 Å².